The van der Waals surface area contributed by atoms with E-state index in [9.17, 15) is 14.0 Å². The van der Waals surface area contributed by atoms with Crippen LogP contribution in [0.1, 0.15) is 49.4 Å². The molecule has 40 heavy (non-hydrogen) atoms. The minimum atomic E-state index is -0.890. The highest BCUT2D eigenvalue weighted by atomic mass is 32.2. The summed E-state index contributed by atoms with van der Waals surface area (Å²) < 4.78 is 29.7. The van der Waals surface area contributed by atoms with Gasteiger partial charge in [-0.2, -0.15) is 0 Å². The number of halogens is 1. The van der Waals surface area contributed by atoms with Crippen LogP contribution in [0.25, 0.3) is 0 Å². The van der Waals surface area contributed by atoms with Crippen LogP contribution in [-0.2, 0) is 20.0 Å². The van der Waals surface area contributed by atoms with Crippen molar-refractivity contribution in [2.75, 3.05) is 7.11 Å². The predicted molar refractivity (Wildman–Crippen MR) is 152 cm³/mol. The highest BCUT2D eigenvalue weighted by molar-refractivity contribution is 7.98. The first kappa shape index (κ1) is 28.8. The number of ether oxygens (including phenoxy) is 3. The van der Waals surface area contributed by atoms with Gasteiger partial charge in [-0.3, -0.25) is 0 Å². The van der Waals surface area contributed by atoms with Crippen molar-refractivity contribution in [3.8, 4) is 0 Å². The maximum Gasteiger partial charge on any atom is 0.513 e. The van der Waals surface area contributed by atoms with Crippen LogP contribution in [0, 0.1) is 5.82 Å². The van der Waals surface area contributed by atoms with Gasteiger partial charge in [-0.25, -0.2) is 14.0 Å². The number of amides is 1. The second kappa shape index (κ2) is 13.2. The predicted octanol–water partition coefficient (Wildman–Crippen LogP) is 7.54. The van der Waals surface area contributed by atoms with E-state index in [1.165, 1.54) is 19.2 Å². The SMILES string of the molecule is COC(=O)OC1=C(C)NC(C)=C(OC(=O)N[C@H](C)c2ccccc2)C1c1ccccc1SCc1ccc(F)cc1. The van der Waals surface area contributed by atoms with Gasteiger partial charge in [0.2, 0.25) is 0 Å². The van der Waals surface area contributed by atoms with Crippen molar-refractivity contribution in [2.24, 2.45) is 0 Å². The molecule has 0 saturated heterocycles. The minimum absolute atomic E-state index is 0.256. The first-order chi connectivity index (χ1) is 19.3. The molecule has 3 aromatic rings. The zero-order chi connectivity index (χ0) is 28.6. The Hall–Kier alpha value is -4.24. The average molecular weight is 563 g/mol. The van der Waals surface area contributed by atoms with Gasteiger partial charge in [-0.15, -0.1) is 11.8 Å². The van der Waals surface area contributed by atoms with E-state index in [4.69, 9.17) is 14.2 Å². The lowest BCUT2D eigenvalue weighted by atomic mass is 9.90. The number of allylic oxidation sites excluding steroid dienone is 2. The van der Waals surface area contributed by atoms with E-state index in [2.05, 4.69) is 10.6 Å². The Kier molecular flexibility index (Phi) is 9.50. The summed E-state index contributed by atoms with van der Waals surface area (Å²) in [6.07, 6.45) is -1.54. The summed E-state index contributed by atoms with van der Waals surface area (Å²) >= 11 is 1.54. The molecule has 1 unspecified atom stereocenters. The Morgan fingerprint density at radius 2 is 1.55 bits per heavy atom. The summed E-state index contributed by atoms with van der Waals surface area (Å²) in [7, 11) is 1.23. The van der Waals surface area contributed by atoms with E-state index in [1.807, 2.05) is 61.5 Å². The van der Waals surface area contributed by atoms with Gasteiger partial charge in [0.1, 0.15) is 23.3 Å². The number of rotatable bonds is 8. The molecule has 4 rings (SSSR count). The Morgan fingerprint density at radius 3 is 2.23 bits per heavy atom. The minimum Gasteiger partial charge on any atom is -0.437 e. The molecule has 0 radical (unpaired) electrons. The van der Waals surface area contributed by atoms with E-state index in [0.29, 0.717) is 17.1 Å². The molecule has 0 spiro atoms. The van der Waals surface area contributed by atoms with Gasteiger partial charge in [-0.05, 0) is 55.7 Å². The van der Waals surface area contributed by atoms with E-state index in [0.717, 1.165) is 21.6 Å². The smallest absolute Gasteiger partial charge is 0.437 e. The first-order valence-corrected chi connectivity index (χ1v) is 13.7. The number of hydrogen-bond donors (Lipinski definition) is 2. The van der Waals surface area contributed by atoms with Gasteiger partial charge >= 0.3 is 12.2 Å². The molecule has 1 amide bonds. The quantitative estimate of drug-likeness (QED) is 0.217. The van der Waals surface area contributed by atoms with Crippen LogP contribution in [0.3, 0.4) is 0 Å². The molecule has 2 atom stereocenters. The van der Waals surface area contributed by atoms with Crippen molar-refractivity contribution in [3.63, 3.8) is 0 Å². The number of benzene rings is 3. The van der Waals surface area contributed by atoms with E-state index >= 15 is 0 Å². The molecule has 0 bridgehead atoms. The molecule has 7 nitrogen and oxygen atoms in total. The summed E-state index contributed by atoms with van der Waals surface area (Å²) in [6.45, 7) is 5.44. The molecule has 3 aromatic carbocycles. The molecule has 1 aliphatic heterocycles. The van der Waals surface area contributed by atoms with Crippen LogP contribution < -0.4 is 10.6 Å². The summed E-state index contributed by atoms with van der Waals surface area (Å²) in [5.41, 5.74) is 3.82. The maximum atomic E-state index is 13.4. The monoisotopic (exact) mass is 562 g/mol. The number of hydrogen-bond acceptors (Lipinski definition) is 7. The third-order valence-corrected chi connectivity index (χ3v) is 7.53. The van der Waals surface area contributed by atoms with Gasteiger partial charge in [0.25, 0.3) is 0 Å². The maximum absolute atomic E-state index is 13.4. The van der Waals surface area contributed by atoms with E-state index in [-0.39, 0.29) is 23.4 Å². The molecule has 9 heteroatoms. The fourth-order valence-corrected chi connectivity index (χ4v) is 5.41. The third kappa shape index (κ3) is 7.04. The van der Waals surface area contributed by atoms with Gasteiger partial charge in [0.15, 0.2) is 0 Å². The number of methoxy groups -OCH3 is 1. The first-order valence-electron chi connectivity index (χ1n) is 12.7. The van der Waals surface area contributed by atoms with Gasteiger partial charge in [-0.1, -0.05) is 60.7 Å². The summed E-state index contributed by atoms with van der Waals surface area (Å²) in [5, 5.41) is 6.03. The van der Waals surface area contributed by atoms with Crippen LogP contribution in [-0.4, -0.2) is 19.4 Å². The van der Waals surface area contributed by atoms with Crippen molar-refractivity contribution in [3.05, 3.63) is 124 Å². The number of carbonyl (C=O) groups excluding carboxylic acids is 2. The van der Waals surface area contributed by atoms with Gasteiger partial charge < -0.3 is 24.8 Å². The number of thioether (sulfide) groups is 1. The highest BCUT2D eigenvalue weighted by Gasteiger charge is 2.36. The van der Waals surface area contributed by atoms with E-state index < -0.39 is 18.2 Å². The highest BCUT2D eigenvalue weighted by Crippen LogP contribution is 2.43. The average Bonchev–Trinajstić information content (AvgIpc) is 2.96. The zero-order valence-corrected chi connectivity index (χ0v) is 23.5. The van der Waals surface area contributed by atoms with Crippen molar-refractivity contribution < 1.29 is 28.2 Å². The molecule has 208 valence electrons. The Balaban J connectivity index is 1.67. The third-order valence-electron chi connectivity index (χ3n) is 6.37. The van der Waals surface area contributed by atoms with Crippen LogP contribution >= 0.6 is 11.8 Å². The molecule has 0 saturated carbocycles. The number of nitrogens with one attached hydrogen (secondary N) is 2. The normalized spacial score (nSPS) is 15.7. The molecule has 0 aromatic heterocycles. The molecule has 1 aliphatic rings. The number of dihydropyridines is 1. The lowest BCUT2D eigenvalue weighted by molar-refractivity contribution is 0.0887. The fraction of sp³-hybridized carbons (Fsp3) is 0.226. The fourth-order valence-electron chi connectivity index (χ4n) is 4.36. The molecular formula is C31H31FN2O5S. The lowest BCUT2D eigenvalue weighted by Crippen LogP contribution is -2.33. The molecule has 0 aliphatic carbocycles. The number of alkyl carbamates (subject to hydrolysis) is 1. The molecule has 0 fully saturated rings. The van der Waals surface area contributed by atoms with E-state index in [1.54, 1.807) is 37.7 Å². The molecule has 1 heterocycles. The van der Waals surface area contributed by atoms with Crippen LogP contribution in [0.4, 0.5) is 14.0 Å². The summed E-state index contributed by atoms with van der Waals surface area (Å²) in [5.74, 6) is 0.0984. The second-order valence-electron chi connectivity index (χ2n) is 9.21. The number of carbonyl (C=O) groups is 2. The largest absolute Gasteiger partial charge is 0.513 e. The van der Waals surface area contributed by atoms with Gasteiger partial charge in [0, 0.05) is 10.6 Å². The van der Waals surface area contributed by atoms with Gasteiger partial charge in [0.05, 0.1) is 24.5 Å². The summed E-state index contributed by atoms with van der Waals surface area (Å²) in [6, 6.07) is 23.2. The lowest BCUT2D eigenvalue weighted by Gasteiger charge is -2.31. The Labute approximate surface area is 237 Å². The Bertz CT molecular complexity index is 1420. The van der Waals surface area contributed by atoms with Crippen LogP contribution in [0.2, 0.25) is 0 Å². The van der Waals surface area contributed by atoms with Crippen LogP contribution in [0.5, 0.6) is 0 Å². The molecular weight excluding hydrogens is 531 g/mol. The summed E-state index contributed by atoms with van der Waals surface area (Å²) in [4.78, 5) is 26.3. The van der Waals surface area contributed by atoms with Crippen molar-refractivity contribution >= 4 is 24.0 Å². The van der Waals surface area contributed by atoms with Crippen molar-refractivity contribution in [1.82, 2.24) is 10.6 Å². The topological polar surface area (TPSA) is 85.9 Å². The standard InChI is InChI=1S/C31H31FN2O5S/c1-19(23-10-6-5-7-11-23)34-30(35)38-28-20(2)33-21(3)29(39-31(36)37-4)27(28)25-12-8-9-13-26(25)40-18-22-14-16-24(32)17-15-22/h5-17,19,27,33H,18H2,1-4H3,(H,34,35)/t19-,27?/m1/s1. The Morgan fingerprint density at radius 1 is 0.925 bits per heavy atom. The van der Waals surface area contributed by atoms with Crippen molar-refractivity contribution in [2.45, 2.75) is 43.4 Å². The van der Waals surface area contributed by atoms with Crippen molar-refractivity contribution in [1.29, 1.82) is 0 Å². The van der Waals surface area contributed by atoms with Crippen LogP contribution in [0.15, 0.2) is 107 Å². The molecule has 2 N–H and O–H groups in total. The second-order valence-corrected chi connectivity index (χ2v) is 10.2. The zero-order valence-electron chi connectivity index (χ0n) is 22.7.